The first-order valence-corrected chi connectivity index (χ1v) is 8.30. The van der Waals surface area contributed by atoms with Crippen LogP contribution in [0.4, 0.5) is 0 Å². The minimum atomic E-state index is 0.316. The third-order valence-electron chi connectivity index (χ3n) is 3.65. The van der Waals surface area contributed by atoms with Gasteiger partial charge in [-0.15, -0.1) is 11.3 Å². The van der Waals surface area contributed by atoms with Crippen LogP contribution in [0, 0.1) is 0 Å². The van der Waals surface area contributed by atoms with Crippen molar-refractivity contribution in [1.82, 2.24) is 10.3 Å². The van der Waals surface area contributed by atoms with Gasteiger partial charge in [-0.05, 0) is 48.5 Å². The first-order valence-electron chi connectivity index (χ1n) is 7.04. The van der Waals surface area contributed by atoms with Crippen molar-refractivity contribution in [3.8, 4) is 0 Å². The van der Waals surface area contributed by atoms with Crippen LogP contribution in [0.5, 0.6) is 0 Å². The van der Waals surface area contributed by atoms with E-state index in [1.807, 2.05) is 18.3 Å². The van der Waals surface area contributed by atoms with E-state index in [-0.39, 0.29) is 0 Å². The van der Waals surface area contributed by atoms with Crippen molar-refractivity contribution >= 4 is 33.8 Å². The summed E-state index contributed by atoms with van der Waals surface area (Å²) in [5.74, 6) is 0. The van der Waals surface area contributed by atoms with Gasteiger partial charge in [0.05, 0.1) is 9.85 Å². The molecule has 21 heavy (non-hydrogen) atoms. The van der Waals surface area contributed by atoms with E-state index in [0.717, 1.165) is 22.8 Å². The van der Waals surface area contributed by atoms with Gasteiger partial charge < -0.3 is 5.32 Å². The van der Waals surface area contributed by atoms with Crippen LogP contribution >= 0.6 is 22.9 Å². The first-order chi connectivity index (χ1) is 10.2. The van der Waals surface area contributed by atoms with Crippen molar-refractivity contribution in [3.05, 3.63) is 63.4 Å². The van der Waals surface area contributed by atoms with Crippen LogP contribution in [0.2, 0.25) is 4.34 Å². The molecule has 0 aliphatic heterocycles. The third-order valence-corrected chi connectivity index (χ3v) is 4.76. The Balaban J connectivity index is 1.64. The van der Waals surface area contributed by atoms with Crippen molar-refractivity contribution < 1.29 is 0 Å². The summed E-state index contributed by atoms with van der Waals surface area (Å²) >= 11 is 7.56. The van der Waals surface area contributed by atoms with Crippen LogP contribution in [0.3, 0.4) is 0 Å². The summed E-state index contributed by atoms with van der Waals surface area (Å²) in [6.07, 6.45) is 2.83. The minimum Gasteiger partial charge on any atom is -0.310 e. The number of halogens is 1. The van der Waals surface area contributed by atoms with Gasteiger partial charge in [-0.3, -0.25) is 4.98 Å². The Kier molecular flexibility index (Phi) is 4.54. The predicted octanol–water partition coefficient (Wildman–Crippen LogP) is 4.84. The quantitative estimate of drug-likeness (QED) is 0.728. The normalized spacial score (nSPS) is 12.7. The number of thiophene rings is 1. The third kappa shape index (κ3) is 3.43. The second-order valence-electron chi connectivity index (χ2n) is 5.10. The number of para-hydroxylation sites is 1. The molecule has 1 aromatic carbocycles. The summed E-state index contributed by atoms with van der Waals surface area (Å²) in [5, 5.41) is 6.86. The highest BCUT2D eigenvalue weighted by Gasteiger charge is 2.07. The Morgan fingerprint density at radius 2 is 2.14 bits per heavy atom. The van der Waals surface area contributed by atoms with Crippen LogP contribution in [-0.2, 0) is 6.42 Å². The number of nitrogens with one attached hydrogen (secondary N) is 1. The van der Waals surface area contributed by atoms with E-state index in [4.69, 9.17) is 11.6 Å². The van der Waals surface area contributed by atoms with E-state index >= 15 is 0 Å². The van der Waals surface area contributed by atoms with E-state index in [1.165, 1.54) is 16.5 Å². The highest BCUT2D eigenvalue weighted by molar-refractivity contribution is 7.14. The molecule has 4 heteroatoms. The molecular formula is C17H17ClN2S. The zero-order chi connectivity index (χ0) is 14.7. The largest absolute Gasteiger partial charge is 0.310 e. The lowest BCUT2D eigenvalue weighted by molar-refractivity contribution is 0.579. The molecule has 0 fully saturated rings. The minimum absolute atomic E-state index is 0.316. The molecule has 0 radical (unpaired) electrons. The van der Waals surface area contributed by atoms with Gasteiger partial charge in [0.2, 0.25) is 0 Å². The zero-order valence-electron chi connectivity index (χ0n) is 11.8. The fraction of sp³-hybridized carbons (Fsp3) is 0.235. The number of rotatable bonds is 5. The number of pyridine rings is 1. The van der Waals surface area contributed by atoms with Crippen LogP contribution < -0.4 is 5.32 Å². The first kappa shape index (κ1) is 14.5. The van der Waals surface area contributed by atoms with Gasteiger partial charge in [-0.25, -0.2) is 0 Å². The zero-order valence-corrected chi connectivity index (χ0v) is 13.4. The van der Waals surface area contributed by atoms with Gasteiger partial charge in [-0.2, -0.15) is 0 Å². The van der Waals surface area contributed by atoms with Gasteiger partial charge in [-0.1, -0.05) is 35.9 Å². The summed E-state index contributed by atoms with van der Waals surface area (Å²) in [7, 11) is 0. The van der Waals surface area contributed by atoms with Gasteiger partial charge in [0.15, 0.2) is 0 Å². The molecule has 0 saturated heterocycles. The smallest absolute Gasteiger partial charge is 0.0931 e. The molecule has 2 heterocycles. The van der Waals surface area contributed by atoms with Gasteiger partial charge in [0.1, 0.15) is 0 Å². The summed E-state index contributed by atoms with van der Waals surface area (Å²) in [5.41, 5.74) is 3.64. The maximum Gasteiger partial charge on any atom is 0.0931 e. The topological polar surface area (TPSA) is 24.9 Å². The van der Waals surface area contributed by atoms with Crippen molar-refractivity contribution in [1.29, 1.82) is 0 Å². The number of benzene rings is 1. The molecule has 0 spiro atoms. The molecule has 0 aliphatic rings. The molecule has 0 saturated carbocycles. The Hall–Kier alpha value is -1.42. The van der Waals surface area contributed by atoms with Crippen molar-refractivity contribution in [2.45, 2.75) is 19.4 Å². The molecule has 0 amide bonds. The Bertz CT molecular complexity index is 733. The maximum atomic E-state index is 5.98. The van der Waals surface area contributed by atoms with Gasteiger partial charge in [0.25, 0.3) is 0 Å². The second kappa shape index (κ2) is 6.56. The highest BCUT2D eigenvalue weighted by Crippen LogP contribution is 2.24. The molecule has 3 aromatic rings. The Labute approximate surface area is 133 Å². The van der Waals surface area contributed by atoms with Gasteiger partial charge in [0, 0.05) is 17.6 Å². The van der Waals surface area contributed by atoms with Crippen LogP contribution in [-0.4, -0.2) is 11.5 Å². The average Bonchev–Trinajstić information content (AvgIpc) is 2.94. The molecule has 2 nitrogen and oxygen atoms in total. The van der Waals surface area contributed by atoms with E-state index in [0.29, 0.717) is 6.04 Å². The lowest BCUT2D eigenvalue weighted by Gasteiger charge is -2.13. The van der Waals surface area contributed by atoms with Crippen LogP contribution in [0.15, 0.2) is 48.0 Å². The lowest BCUT2D eigenvalue weighted by atomic mass is 10.1. The average molecular weight is 317 g/mol. The van der Waals surface area contributed by atoms with E-state index in [9.17, 15) is 0 Å². The standard InChI is InChI=1S/C17H17ClN2S/c1-12(15-10-16(18)21-11-15)19-9-7-14-5-2-4-13-6-3-8-20-17(13)14/h2-6,8,10-12,19H,7,9H2,1H3. The van der Waals surface area contributed by atoms with E-state index < -0.39 is 0 Å². The number of aromatic nitrogens is 1. The molecule has 2 aromatic heterocycles. The summed E-state index contributed by atoms with van der Waals surface area (Å²) < 4.78 is 0.844. The molecule has 1 unspecified atom stereocenters. The van der Waals surface area contributed by atoms with Crippen molar-refractivity contribution in [3.63, 3.8) is 0 Å². The molecular weight excluding hydrogens is 300 g/mol. The fourth-order valence-electron chi connectivity index (χ4n) is 2.46. The lowest BCUT2D eigenvalue weighted by Crippen LogP contribution is -2.21. The Morgan fingerprint density at radius 3 is 2.95 bits per heavy atom. The number of hydrogen-bond acceptors (Lipinski definition) is 3. The Morgan fingerprint density at radius 1 is 1.29 bits per heavy atom. The summed E-state index contributed by atoms with van der Waals surface area (Å²) in [6, 6.07) is 12.8. The van der Waals surface area contributed by atoms with Crippen LogP contribution in [0.1, 0.15) is 24.1 Å². The molecule has 0 bridgehead atoms. The molecule has 108 valence electrons. The molecule has 1 atom stereocenters. The maximum absolute atomic E-state index is 5.98. The number of fused-ring (bicyclic) bond motifs is 1. The van der Waals surface area contributed by atoms with E-state index in [1.54, 1.807) is 11.3 Å². The molecule has 0 aliphatic carbocycles. The summed E-state index contributed by atoms with van der Waals surface area (Å²) in [4.78, 5) is 4.50. The highest BCUT2D eigenvalue weighted by atomic mass is 35.5. The van der Waals surface area contributed by atoms with Crippen LogP contribution in [0.25, 0.3) is 10.9 Å². The van der Waals surface area contributed by atoms with Gasteiger partial charge >= 0.3 is 0 Å². The number of hydrogen-bond donors (Lipinski definition) is 1. The SMILES string of the molecule is CC(NCCc1cccc2cccnc12)c1csc(Cl)c1. The van der Waals surface area contributed by atoms with Crippen molar-refractivity contribution in [2.24, 2.45) is 0 Å². The molecule has 3 rings (SSSR count). The molecule has 1 N–H and O–H groups in total. The predicted molar refractivity (Wildman–Crippen MR) is 91.2 cm³/mol. The van der Waals surface area contributed by atoms with Crippen molar-refractivity contribution in [2.75, 3.05) is 6.54 Å². The van der Waals surface area contributed by atoms with E-state index in [2.05, 4.69) is 46.9 Å². The second-order valence-corrected chi connectivity index (χ2v) is 6.64. The summed E-state index contributed by atoms with van der Waals surface area (Å²) in [6.45, 7) is 3.09. The monoisotopic (exact) mass is 316 g/mol. The number of nitrogens with zero attached hydrogens (tertiary/aromatic N) is 1. The fourth-order valence-corrected chi connectivity index (χ4v) is 3.45.